The van der Waals surface area contributed by atoms with Gasteiger partial charge in [-0.2, -0.15) is 0 Å². The van der Waals surface area contributed by atoms with Crippen molar-refractivity contribution in [2.45, 2.75) is 12.5 Å². The molecule has 0 fully saturated rings. The Labute approximate surface area is 82.1 Å². The zero-order chi connectivity index (χ0) is 10.8. The molecule has 0 unspecified atom stereocenters. The van der Waals surface area contributed by atoms with E-state index in [0.717, 1.165) is 0 Å². The van der Waals surface area contributed by atoms with Gasteiger partial charge in [0.2, 0.25) is 0 Å². The summed E-state index contributed by atoms with van der Waals surface area (Å²) in [5, 5.41) is 0. The summed E-state index contributed by atoms with van der Waals surface area (Å²) in [5.74, 6) is -0.189. The number of carbonyl (C=O) groups is 1. The monoisotopic (exact) mass is 195 g/mol. The van der Waals surface area contributed by atoms with Gasteiger partial charge in [-0.25, -0.2) is 9.78 Å². The Morgan fingerprint density at radius 3 is 2.79 bits per heavy atom. The second kappa shape index (κ2) is 3.63. The molecule has 76 valence electrons. The first-order chi connectivity index (χ1) is 6.48. The van der Waals surface area contributed by atoms with Crippen molar-refractivity contribution in [1.82, 2.24) is 4.98 Å². The van der Waals surface area contributed by atoms with Crippen LogP contribution in [0.4, 0.5) is 5.82 Å². The van der Waals surface area contributed by atoms with E-state index in [9.17, 15) is 4.79 Å². The van der Waals surface area contributed by atoms with E-state index in [2.05, 4.69) is 9.72 Å². The highest BCUT2D eigenvalue weighted by molar-refractivity contribution is 5.81. The number of ether oxygens (including phenoxy) is 1. The molecule has 0 radical (unpaired) electrons. The molecule has 1 rings (SSSR count). The van der Waals surface area contributed by atoms with Gasteiger partial charge in [0.15, 0.2) is 0 Å². The predicted molar refractivity (Wildman–Crippen MR) is 52.2 cm³/mol. The van der Waals surface area contributed by atoms with Gasteiger partial charge in [0, 0.05) is 6.20 Å². The number of nitrogens with zero attached hydrogens (tertiary/aromatic N) is 1. The van der Waals surface area contributed by atoms with Crippen LogP contribution in [0.25, 0.3) is 0 Å². The van der Waals surface area contributed by atoms with Crippen LogP contribution >= 0.6 is 0 Å². The number of methoxy groups -OCH3 is 1. The van der Waals surface area contributed by atoms with Crippen LogP contribution in [0.5, 0.6) is 0 Å². The minimum atomic E-state index is -1.19. The van der Waals surface area contributed by atoms with Crippen molar-refractivity contribution in [3.63, 3.8) is 0 Å². The highest BCUT2D eigenvalue weighted by Gasteiger charge is 2.31. The molecule has 0 aliphatic carbocycles. The number of rotatable bonds is 2. The van der Waals surface area contributed by atoms with E-state index in [4.69, 9.17) is 11.5 Å². The van der Waals surface area contributed by atoms with Crippen LogP contribution in [-0.4, -0.2) is 18.1 Å². The van der Waals surface area contributed by atoms with Gasteiger partial charge in [-0.1, -0.05) is 0 Å². The van der Waals surface area contributed by atoms with Crippen molar-refractivity contribution in [3.05, 3.63) is 23.9 Å². The SMILES string of the molecule is COC(=O)[C@@](C)(N)c1ccnc(N)c1. The number of nitrogens with two attached hydrogens (primary N) is 2. The number of esters is 1. The van der Waals surface area contributed by atoms with Crippen molar-refractivity contribution in [2.24, 2.45) is 5.73 Å². The average Bonchev–Trinajstić information content (AvgIpc) is 2.16. The van der Waals surface area contributed by atoms with Crippen LogP contribution in [0.3, 0.4) is 0 Å². The summed E-state index contributed by atoms with van der Waals surface area (Å²) < 4.78 is 4.58. The molecule has 1 heterocycles. The quantitative estimate of drug-likeness (QED) is 0.648. The number of pyridine rings is 1. The van der Waals surface area contributed by atoms with Crippen molar-refractivity contribution in [3.8, 4) is 0 Å². The van der Waals surface area contributed by atoms with Crippen molar-refractivity contribution in [1.29, 1.82) is 0 Å². The summed E-state index contributed by atoms with van der Waals surface area (Å²) in [5.41, 5.74) is 10.7. The molecular formula is C9H13N3O2. The molecule has 5 heteroatoms. The van der Waals surface area contributed by atoms with Crippen LogP contribution in [0, 0.1) is 0 Å². The molecule has 5 nitrogen and oxygen atoms in total. The van der Waals surface area contributed by atoms with E-state index >= 15 is 0 Å². The first kappa shape index (κ1) is 10.5. The van der Waals surface area contributed by atoms with Crippen LogP contribution in [0.2, 0.25) is 0 Å². The van der Waals surface area contributed by atoms with Crippen molar-refractivity contribution < 1.29 is 9.53 Å². The topological polar surface area (TPSA) is 91.2 Å². The number of aromatic nitrogens is 1. The molecule has 0 aliphatic rings. The third-order valence-electron chi connectivity index (χ3n) is 1.99. The maximum absolute atomic E-state index is 11.3. The average molecular weight is 195 g/mol. The van der Waals surface area contributed by atoms with Crippen LogP contribution < -0.4 is 11.5 Å². The summed E-state index contributed by atoms with van der Waals surface area (Å²) in [4.78, 5) is 15.1. The number of anilines is 1. The van der Waals surface area contributed by atoms with E-state index in [1.807, 2.05) is 0 Å². The second-order valence-corrected chi connectivity index (χ2v) is 3.16. The zero-order valence-electron chi connectivity index (χ0n) is 8.15. The highest BCUT2D eigenvalue weighted by Crippen LogP contribution is 2.19. The highest BCUT2D eigenvalue weighted by atomic mass is 16.5. The maximum Gasteiger partial charge on any atom is 0.330 e. The number of hydrogen-bond donors (Lipinski definition) is 2. The maximum atomic E-state index is 11.3. The smallest absolute Gasteiger partial charge is 0.330 e. The molecule has 0 aromatic carbocycles. The minimum Gasteiger partial charge on any atom is -0.467 e. The molecule has 1 atom stereocenters. The second-order valence-electron chi connectivity index (χ2n) is 3.16. The van der Waals surface area contributed by atoms with E-state index in [1.165, 1.54) is 13.3 Å². The van der Waals surface area contributed by atoms with E-state index in [-0.39, 0.29) is 0 Å². The Bertz CT molecular complexity index is 350. The standard InChI is InChI=1S/C9H13N3O2/c1-9(11,8(13)14-2)6-3-4-12-7(10)5-6/h3-5H,11H2,1-2H3,(H2,10,12)/t9-/m0/s1. The van der Waals surface area contributed by atoms with Gasteiger partial charge in [-0.3, -0.25) is 0 Å². The first-order valence-corrected chi connectivity index (χ1v) is 4.08. The van der Waals surface area contributed by atoms with Gasteiger partial charge in [-0.15, -0.1) is 0 Å². The lowest BCUT2D eigenvalue weighted by Crippen LogP contribution is -2.42. The molecule has 0 aliphatic heterocycles. The lowest BCUT2D eigenvalue weighted by atomic mass is 9.94. The summed E-state index contributed by atoms with van der Waals surface area (Å²) >= 11 is 0. The normalized spacial score (nSPS) is 14.5. The van der Waals surface area contributed by atoms with Gasteiger partial charge in [0.1, 0.15) is 11.4 Å². The molecule has 0 bridgehead atoms. The van der Waals surface area contributed by atoms with Crippen molar-refractivity contribution in [2.75, 3.05) is 12.8 Å². The molecule has 0 saturated carbocycles. The molecule has 0 amide bonds. The molecule has 1 aromatic heterocycles. The summed E-state index contributed by atoms with van der Waals surface area (Å²) in [7, 11) is 1.29. The number of carbonyl (C=O) groups excluding carboxylic acids is 1. The number of nitrogen functional groups attached to an aromatic ring is 1. The minimum absolute atomic E-state index is 0.322. The first-order valence-electron chi connectivity index (χ1n) is 4.08. The van der Waals surface area contributed by atoms with Gasteiger partial charge in [0.25, 0.3) is 0 Å². The molecule has 4 N–H and O–H groups in total. The Morgan fingerprint density at radius 1 is 1.64 bits per heavy atom. The fourth-order valence-electron chi connectivity index (χ4n) is 1.10. The van der Waals surface area contributed by atoms with Gasteiger partial charge < -0.3 is 16.2 Å². The van der Waals surface area contributed by atoms with Crippen molar-refractivity contribution >= 4 is 11.8 Å². The Morgan fingerprint density at radius 2 is 2.29 bits per heavy atom. The third kappa shape index (κ3) is 1.82. The van der Waals surface area contributed by atoms with Crippen LogP contribution in [-0.2, 0) is 15.1 Å². The molecule has 1 aromatic rings. The molecular weight excluding hydrogens is 182 g/mol. The summed E-state index contributed by atoms with van der Waals surface area (Å²) in [6.07, 6.45) is 1.50. The zero-order valence-corrected chi connectivity index (χ0v) is 8.15. The van der Waals surface area contributed by atoms with Crippen LogP contribution in [0.1, 0.15) is 12.5 Å². The van der Waals surface area contributed by atoms with E-state index in [0.29, 0.717) is 11.4 Å². The van der Waals surface area contributed by atoms with Gasteiger partial charge in [-0.05, 0) is 24.6 Å². The van der Waals surface area contributed by atoms with E-state index < -0.39 is 11.5 Å². The molecule has 0 saturated heterocycles. The summed E-state index contributed by atoms with van der Waals surface area (Å²) in [6, 6.07) is 3.18. The Hall–Kier alpha value is -1.62. The fraction of sp³-hybridized carbons (Fsp3) is 0.333. The third-order valence-corrected chi connectivity index (χ3v) is 1.99. The number of hydrogen-bond acceptors (Lipinski definition) is 5. The largest absolute Gasteiger partial charge is 0.467 e. The fourth-order valence-corrected chi connectivity index (χ4v) is 1.10. The van der Waals surface area contributed by atoms with Crippen LogP contribution in [0.15, 0.2) is 18.3 Å². The molecule has 0 spiro atoms. The van der Waals surface area contributed by atoms with E-state index in [1.54, 1.807) is 19.1 Å². The molecule has 14 heavy (non-hydrogen) atoms. The predicted octanol–water partition coefficient (Wildman–Crippen LogP) is 0.0107. The lowest BCUT2D eigenvalue weighted by molar-refractivity contribution is -0.146. The summed E-state index contributed by atoms with van der Waals surface area (Å²) in [6.45, 7) is 1.56. The van der Waals surface area contributed by atoms with Gasteiger partial charge in [0.05, 0.1) is 7.11 Å². The Kier molecular flexibility index (Phi) is 2.71. The lowest BCUT2D eigenvalue weighted by Gasteiger charge is -2.21. The van der Waals surface area contributed by atoms with Gasteiger partial charge >= 0.3 is 5.97 Å². The Balaban J connectivity index is 3.09.